The molecule has 1 amide bonds. The van der Waals surface area contributed by atoms with E-state index in [1.54, 1.807) is 29.2 Å². The lowest BCUT2D eigenvalue weighted by atomic mass is 10.2. The molecule has 0 radical (unpaired) electrons. The number of hydrogen-bond acceptors (Lipinski definition) is 3. The summed E-state index contributed by atoms with van der Waals surface area (Å²) in [7, 11) is 0. The maximum Gasteiger partial charge on any atom is 0.387 e. The van der Waals surface area contributed by atoms with Gasteiger partial charge in [0, 0.05) is 32.1 Å². The molecule has 1 atom stereocenters. The van der Waals surface area contributed by atoms with E-state index in [4.69, 9.17) is 0 Å². The first kappa shape index (κ1) is 18.3. The van der Waals surface area contributed by atoms with Crippen LogP contribution in [0.15, 0.2) is 48.5 Å². The molecule has 2 aromatic carbocycles. The molecule has 0 bridgehead atoms. The normalized spacial score (nSPS) is 17.2. The third-order valence-corrected chi connectivity index (χ3v) is 4.22. The molecule has 26 heavy (non-hydrogen) atoms. The summed E-state index contributed by atoms with van der Waals surface area (Å²) in [5, 5.41) is 3.29. The average Bonchev–Trinajstić information content (AvgIpc) is 2.93. The lowest BCUT2D eigenvalue weighted by Gasteiger charge is -2.17. The van der Waals surface area contributed by atoms with Crippen molar-refractivity contribution in [1.29, 1.82) is 0 Å². The van der Waals surface area contributed by atoms with Crippen LogP contribution in [0.3, 0.4) is 0 Å². The second-order valence-electron chi connectivity index (χ2n) is 6.21. The first-order chi connectivity index (χ1) is 12.5. The first-order valence-electron chi connectivity index (χ1n) is 8.29. The van der Waals surface area contributed by atoms with E-state index in [0.717, 1.165) is 11.1 Å². The van der Waals surface area contributed by atoms with Crippen molar-refractivity contribution in [3.63, 3.8) is 0 Å². The maximum atomic E-state index is 13.3. The Morgan fingerprint density at radius 3 is 2.62 bits per heavy atom. The van der Waals surface area contributed by atoms with Gasteiger partial charge in [-0.2, -0.15) is 8.78 Å². The minimum atomic E-state index is -2.84. The molecule has 3 rings (SSSR count). The van der Waals surface area contributed by atoms with Crippen LogP contribution in [0.1, 0.15) is 17.5 Å². The molecule has 0 saturated carbocycles. The number of likely N-dealkylation sites (tertiary alicyclic amines) is 1. The smallest absolute Gasteiger partial charge is 0.387 e. The second kappa shape index (κ2) is 8.23. The highest BCUT2D eigenvalue weighted by atomic mass is 19.3. The fourth-order valence-corrected chi connectivity index (χ4v) is 2.97. The van der Waals surface area contributed by atoms with Crippen molar-refractivity contribution in [3.8, 4) is 5.75 Å². The third kappa shape index (κ3) is 4.98. The highest BCUT2D eigenvalue weighted by molar-refractivity contribution is 5.79. The summed E-state index contributed by atoms with van der Waals surface area (Å²) in [5.41, 5.74) is 1.66. The minimum absolute atomic E-state index is 0.00644. The fraction of sp³-hybridized carbons (Fsp3) is 0.316. The summed E-state index contributed by atoms with van der Waals surface area (Å²) in [4.78, 5) is 13.8. The van der Waals surface area contributed by atoms with Crippen molar-refractivity contribution in [2.75, 3.05) is 6.54 Å². The van der Waals surface area contributed by atoms with Gasteiger partial charge in [0.2, 0.25) is 5.91 Å². The number of rotatable bonds is 7. The molecule has 4 nitrogen and oxygen atoms in total. The number of hydrogen-bond donors (Lipinski definition) is 1. The minimum Gasteiger partial charge on any atom is -0.435 e. The number of carbonyl (C=O) groups excluding carboxylic acids is 1. The Balaban J connectivity index is 1.49. The molecule has 2 aromatic rings. The predicted molar refractivity (Wildman–Crippen MR) is 90.1 cm³/mol. The Morgan fingerprint density at radius 2 is 1.92 bits per heavy atom. The molecule has 1 aliphatic heterocycles. The van der Waals surface area contributed by atoms with Crippen LogP contribution < -0.4 is 10.1 Å². The topological polar surface area (TPSA) is 41.6 Å². The van der Waals surface area contributed by atoms with E-state index < -0.39 is 6.61 Å². The van der Waals surface area contributed by atoms with Gasteiger partial charge in [0.1, 0.15) is 11.6 Å². The van der Waals surface area contributed by atoms with E-state index in [9.17, 15) is 18.0 Å². The summed E-state index contributed by atoms with van der Waals surface area (Å²) in [5.74, 6) is -0.184. The Labute approximate surface area is 149 Å². The highest BCUT2D eigenvalue weighted by Gasteiger charge is 2.29. The largest absolute Gasteiger partial charge is 0.435 e. The summed E-state index contributed by atoms with van der Waals surface area (Å²) in [6, 6.07) is 12.6. The number of halogens is 3. The van der Waals surface area contributed by atoms with Gasteiger partial charge in [0.05, 0.1) is 0 Å². The molecule has 1 saturated heterocycles. The molecule has 0 unspecified atom stereocenters. The van der Waals surface area contributed by atoms with E-state index in [1.165, 1.54) is 24.3 Å². The number of nitrogens with zero attached hydrogens (tertiary/aromatic N) is 1. The number of amides is 1. The van der Waals surface area contributed by atoms with Crippen LogP contribution >= 0.6 is 0 Å². The van der Waals surface area contributed by atoms with Gasteiger partial charge >= 0.3 is 6.61 Å². The van der Waals surface area contributed by atoms with Crippen molar-refractivity contribution >= 4 is 5.91 Å². The molecular formula is C19H19F3N2O2. The van der Waals surface area contributed by atoms with Crippen molar-refractivity contribution in [2.24, 2.45) is 0 Å². The molecule has 0 aromatic heterocycles. The predicted octanol–water partition coefficient (Wildman–Crippen LogP) is 3.32. The van der Waals surface area contributed by atoms with Gasteiger partial charge < -0.3 is 15.0 Å². The Kier molecular flexibility index (Phi) is 5.78. The zero-order valence-corrected chi connectivity index (χ0v) is 14.0. The van der Waals surface area contributed by atoms with E-state index in [0.29, 0.717) is 26.1 Å². The van der Waals surface area contributed by atoms with Crippen LogP contribution in [-0.4, -0.2) is 30.0 Å². The van der Waals surface area contributed by atoms with Crippen LogP contribution in [0.5, 0.6) is 5.75 Å². The van der Waals surface area contributed by atoms with E-state index in [-0.39, 0.29) is 23.5 Å². The van der Waals surface area contributed by atoms with Gasteiger partial charge in [-0.3, -0.25) is 4.79 Å². The molecule has 1 fully saturated rings. The van der Waals surface area contributed by atoms with Gasteiger partial charge in [-0.25, -0.2) is 4.39 Å². The monoisotopic (exact) mass is 364 g/mol. The average molecular weight is 364 g/mol. The van der Waals surface area contributed by atoms with Gasteiger partial charge in [-0.05, 0) is 35.4 Å². The lowest BCUT2D eigenvalue weighted by Crippen LogP contribution is -2.32. The summed E-state index contributed by atoms with van der Waals surface area (Å²) in [6.45, 7) is -1.40. The van der Waals surface area contributed by atoms with Crippen molar-refractivity contribution in [3.05, 3.63) is 65.5 Å². The van der Waals surface area contributed by atoms with Crippen molar-refractivity contribution < 1.29 is 22.7 Å². The highest BCUT2D eigenvalue weighted by Crippen LogP contribution is 2.18. The molecule has 0 aliphatic carbocycles. The van der Waals surface area contributed by atoms with E-state index in [1.807, 2.05) is 0 Å². The van der Waals surface area contributed by atoms with Crippen LogP contribution in [0.2, 0.25) is 0 Å². The molecular weight excluding hydrogens is 345 g/mol. The quantitative estimate of drug-likeness (QED) is 0.820. The zero-order valence-electron chi connectivity index (χ0n) is 14.0. The Hall–Kier alpha value is -2.54. The van der Waals surface area contributed by atoms with Crippen LogP contribution in [0, 0.1) is 5.82 Å². The van der Waals surface area contributed by atoms with Gasteiger partial charge in [-0.15, -0.1) is 0 Å². The molecule has 7 heteroatoms. The second-order valence-corrected chi connectivity index (χ2v) is 6.21. The number of ether oxygens (including phenoxy) is 1. The maximum absolute atomic E-state index is 13.3. The summed E-state index contributed by atoms with van der Waals surface area (Å²) >= 11 is 0. The summed E-state index contributed by atoms with van der Waals surface area (Å²) < 4.78 is 41.8. The Morgan fingerprint density at radius 1 is 1.15 bits per heavy atom. The van der Waals surface area contributed by atoms with Crippen LogP contribution in [-0.2, 0) is 17.9 Å². The first-order valence-corrected chi connectivity index (χ1v) is 8.29. The van der Waals surface area contributed by atoms with E-state index in [2.05, 4.69) is 10.1 Å². The summed E-state index contributed by atoms with van der Waals surface area (Å²) in [6.07, 6.45) is 0.377. The SMILES string of the molecule is O=C1C[C@@H](NCc2ccc(OC(F)F)cc2)CN1Cc1cccc(F)c1. The van der Waals surface area contributed by atoms with Crippen molar-refractivity contribution in [1.82, 2.24) is 10.2 Å². The molecule has 0 spiro atoms. The molecule has 1 heterocycles. The molecule has 138 valence electrons. The van der Waals surface area contributed by atoms with Gasteiger partial charge in [0.25, 0.3) is 0 Å². The van der Waals surface area contributed by atoms with Crippen LogP contribution in [0.4, 0.5) is 13.2 Å². The number of benzene rings is 2. The standard InChI is InChI=1S/C19H19F3N2O2/c20-15-3-1-2-14(8-15)11-24-12-16(9-18(24)25)23-10-13-4-6-17(7-5-13)26-19(21)22/h1-8,16,19,23H,9-12H2/t16-/m1/s1. The number of alkyl halides is 2. The molecule has 1 aliphatic rings. The lowest BCUT2D eigenvalue weighted by molar-refractivity contribution is -0.128. The molecule has 1 N–H and O–H groups in total. The fourth-order valence-electron chi connectivity index (χ4n) is 2.97. The number of nitrogens with one attached hydrogen (secondary N) is 1. The number of carbonyl (C=O) groups is 1. The van der Waals surface area contributed by atoms with Gasteiger partial charge in [-0.1, -0.05) is 24.3 Å². The Bertz CT molecular complexity index is 753. The van der Waals surface area contributed by atoms with Crippen molar-refractivity contribution in [2.45, 2.75) is 32.2 Å². The third-order valence-electron chi connectivity index (χ3n) is 4.22. The van der Waals surface area contributed by atoms with E-state index >= 15 is 0 Å². The van der Waals surface area contributed by atoms with Gasteiger partial charge in [0.15, 0.2) is 0 Å². The zero-order chi connectivity index (χ0) is 18.5. The van der Waals surface area contributed by atoms with Crippen LogP contribution in [0.25, 0.3) is 0 Å².